The summed E-state index contributed by atoms with van der Waals surface area (Å²) in [6.45, 7) is 4.77. The first kappa shape index (κ1) is 23.5. The predicted octanol–water partition coefficient (Wildman–Crippen LogP) is 4.45. The Hall–Kier alpha value is -2.28. The fourth-order valence-corrected chi connectivity index (χ4v) is 5.63. The van der Waals surface area contributed by atoms with Crippen LogP contribution in [-0.4, -0.2) is 61.9 Å². The van der Waals surface area contributed by atoms with Crippen molar-refractivity contribution in [1.29, 1.82) is 0 Å². The molecule has 5 nitrogen and oxygen atoms in total. The summed E-state index contributed by atoms with van der Waals surface area (Å²) >= 11 is 0. The van der Waals surface area contributed by atoms with E-state index in [0.29, 0.717) is 24.6 Å². The number of hydrogen-bond donors (Lipinski definition) is 0. The van der Waals surface area contributed by atoms with Gasteiger partial charge in [-0.05, 0) is 62.1 Å². The van der Waals surface area contributed by atoms with Crippen molar-refractivity contribution in [3.63, 3.8) is 0 Å². The summed E-state index contributed by atoms with van der Waals surface area (Å²) in [7, 11) is 0. The Kier molecular flexibility index (Phi) is 7.28. The summed E-state index contributed by atoms with van der Waals surface area (Å²) < 4.78 is 26.9. The number of nitrogens with zero attached hydrogens (tertiary/aromatic N) is 2. The fourth-order valence-electron chi connectivity index (χ4n) is 5.63. The Labute approximate surface area is 201 Å². The van der Waals surface area contributed by atoms with Crippen LogP contribution in [0.5, 0.6) is 0 Å². The molecule has 3 fully saturated rings. The molecule has 182 valence electrons. The van der Waals surface area contributed by atoms with Crippen LogP contribution in [0.25, 0.3) is 0 Å². The summed E-state index contributed by atoms with van der Waals surface area (Å²) in [5.74, 6) is -0.0435. The van der Waals surface area contributed by atoms with Gasteiger partial charge in [-0.3, -0.25) is 4.79 Å². The van der Waals surface area contributed by atoms with E-state index in [1.165, 1.54) is 11.6 Å². The molecule has 0 aliphatic carbocycles. The summed E-state index contributed by atoms with van der Waals surface area (Å²) in [6.07, 6.45) is 4.80. The van der Waals surface area contributed by atoms with Crippen molar-refractivity contribution >= 4 is 11.6 Å². The molecule has 3 aliphatic rings. The Morgan fingerprint density at radius 1 is 0.971 bits per heavy atom. The molecule has 2 aromatic carbocycles. The van der Waals surface area contributed by atoms with E-state index in [9.17, 15) is 9.18 Å². The second kappa shape index (κ2) is 10.5. The van der Waals surface area contributed by atoms with Crippen molar-refractivity contribution in [1.82, 2.24) is 4.90 Å². The standard InChI is InChI=1S/C28H35FN2O3/c29-24-8-4-5-9-25(24)31-21-28(34-26(27(31)32)20-23-11-18-33-19-12-23)13-16-30(17-14-28)15-10-22-6-2-1-3-7-22/h1-9,23,26H,10-21H2. The molecule has 3 aliphatic heterocycles. The van der Waals surface area contributed by atoms with Gasteiger partial charge in [-0.2, -0.15) is 0 Å². The van der Waals surface area contributed by atoms with Crippen LogP contribution in [0, 0.1) is 11.7 Å². The fraction of sp³-hybridized carbons (Fsp3) is 0.536. The first-order valence-corrected chi connectivity index (χ1v) is 12.7. The average Bonchev–Trinajstić information content (AvgIpc) is 2.88. The molecule has 1 unspecified atom stereocenters. The molecule has 3 heterocycles. The lowest BCUT2D eigenvalue weighted by Gasteiger charge is -2.50. The van der Waals surface area contributed by atoms with Crippen molar-refractivity contribution in [3.8, 4) is 0 Å². The van der Waals surface area contributed by atoms with Gasteiger partial charge in [0, 0.05) is 32.8 Å². The van der Waals surface area contributed by atoms with E-state index in [-0.39, 0.29) is 11.7 Å². The molecule has 6 heteroatoms. The molecule has 1 spiro atoms. The molecule has 0 radical (unpaired) electrons. The number of rotatable bonds is 6. The smallest absolute Gasteiger partial charge is 0.256 e. The Morgan fingerprint density at radius 2 is 1.68 bits per heavy atom. The number of likely N-dealkylation sites (tertiary alicyclic amines) is 1. The van der Waals surface area contributed by atoms with Gasteiger partial charge < -0.3 is 19.3 Å². The topological polar surface area (TPSA) is 42.0 Å². The molecule has 2 aromatic rings. The summed E-state index contributed by atoms with van der Waals surface area (Å²) in [6, 6.07) is 17.2. The van der Waals surface area contributed by atoms with Gasteiger partial charge in [0.25, 0.3) is 5.91 Å². The molecule has 1 atom stereocenters. The van der Waals surface area contributed by atoms with Crippen molar-refractivity contribution in [2.24, 2.45) is 5.92 Å². The molecule has 0 N–H and O–H groups in total. The zero-order valence-corrected chi connectivity index (χ0v) is 19.8. The van der Waals surface area contributed by atoms with Crippen LogP contribution in [0.2, 0.25) is 0 Å². The number of anilines is 1. The molecule has 5 rings (SSSR count). The van der Waals surface area contributed by atoms with Crippen LogP contribution in [0.4, 0.5) is 10.1 Å². The van der Waals surface area contributed by atoms with E-state index in [2.05, 4.69) is 29.2 Å². The molecule has 0 aromatic heterocycles. The first-order chi connectivity index (χ1) is 16.6. The highest BCUT2D eigenvalue weighted by Gasteiger charge is 2.48. The number of carbonyl (C=O) groups excluding carboxylic acids is 1. The zero-order valence-electron chi connectivity index (χ0n) is 19.8. The van der Waals surface area contributed by atoms with Crippen LogP contribution < -0.4 is 4.90 Å². The second-order valence-corrected chi connectivity index (χ2v) is 10.0. The van der Waals surface area contributed by atoms with Gasteiger partial charge >= 0.3 is 0 Å². The van der Waals surface area contributed by atoms with E-state index in [1.807, 2.05) is 6.07 Å². The normalized spacial score (nSPS) is 24.0. The number of morpholine rings is 1. The molecule has 0 saturated carbocycles. The zero-order chi connectivity index (χ0) is 23.4. The van der Waals surface area contributed by atoms with E-state index < -0.39 is 11.7 Å². The van der Waals surface area contributed by atoms with Crippen LogP contribution in [-0.2, 0) is 20.7 Å². The average molecular weight is 467 g/mol. The maximum absolute atomic E-state index is 14.8. The summed E-state index contributed by atoms with van der Waals surface area (Å²) in [5, 5.41) is 0. The number of carbonyl (C=O) groups is 1. The molecular formula is C28H35FN2O3. The van der Waals surface area contributed by atoms with E-state index in [0.717, 1.165) is 65.0 Å². The predicted molar refractivity (Wildman–Crippen MR) is 130 cm³/mol. The van der Waals surface area contributed by atoms with Crippen molar-refractivity contribution in [2.45, 2.75) is 50.2 Å². The highest BCUT2D eigenvalue weighted by atomic mass is 19.1. The third-order valence-corrected chi connectivity index (χ3v) is 7.74. The minimum Gasteiger partial charge on any atom is -0.381 e. The highest BCUT2D eigenvalue weighted by molar-refractivity contribution is 5.97. The summed E-state index contributed by atoms with van der Waals surface area (Å²) in [5.41, 5.74) is 1.30. The van der Waals surface area contributed by atoms with Crippen LogP contribution in [0.15, 0.2) is 54.6 Å². The number of amides is 1. The van der Waals surface area contributed by atoms with E-state index >= 15 is 0 Å². The number of piperidine rings is 1. The Morgan fingerprint density at radius 3 is 2.41 bits per heavy atom. The number of hydrogen-bond acceptors (Lipinski definition) is 4. The first-order valence-electron chi connectivity index (χ1n) is 12.7. The highest BCUT2D eigenvalue weighted by Crippen LogP contribution is 2.38. The second-order valence-electron chi connectivity index (χ2n) is 10.0. The largest absolute Gasteiger partial charge is 0.381 e. The van der Waals surface area contributed by atoms with Crippen LogP contribution >= 0.6 is 0 Å². The quantitative estimate of drug-likeness (QED) is 0.631. The number of halogens is 1. The van der Waals surface area contributed by atoms with Crippen LogP contribution in [0.3, 0.4) is 0 Å². The Balaban J connectivity index is 1.29. The lowest BCUT2D eigenvalue weighted by atomic mass is 9.85. The summed E-state index contributed by atoms with van der Waals surface area (Å²) in [4.78, 5) is 17.6. The van der Waals surface area contributed by atoms with Crippen molar-refractivity contribution in [3.05, 3.63) is 66.0 Å². The van der Waals surface area contributed by atoms with Gasteiger partial charge in [-0.15, -0.1) is 0 Å². The molecule has 3 saturated heterocycles. The molecular weight excluding hydrogens is 431 g/mol. The maximum Gasteiger partial charge on any atom is 0.256 e. The SMILES string of the molecule is O=C1C(CC2CCOCC2)OC2(CCN(CCc3ccccc3)CC2)CN1c1ccccc1F. The van der Waals surface area contributed by atoms with Gasteiger partial charge in [-0.1, -0.05) is 42.5 Å². The monoisotopic (exact) mass is 466 g/mol. The van der Waals surface area contributed by atoms with Gasteiger partial charge in [0.1, 0.15) is 11.9 Å². The van der Waals surface area contributed by atoms with Crippen molar-refractivity contribution in [2.75, 3.05) is 44.3 Å². The molecule has 1 amide bonds. The minimum absolute atomic E-state index is 0.103. The van der Waals surface area contributed by atoms with Crippen LogP contribution in [0.1, 0.15) is 37.7 Å². The van der Waals surface area contributed by atoms with Gasteiger partial charge in [0.05, 0.1) is 17.8 Å². The lowest BCUT2D eigenvalue weighted by Crippen LogP contribution is -2.62. The van der Waals surface area contributed by atoms with Gasteiger partial charge in [-0.25, -0.2) is 4.39 Å². The number of para-hydroxylation sites is 1. The maximum atomic E-state index is 14.8. The van der Waals surface area contributed by atoms with Gasteiger partial charge in [0.2, 0.25) is 0 Å². The lowest BCUT2D eigenvalue weighted by molar-refractivity contribution is -0.168. The number of ether oxygens (including phenoxy) is 2. The van der Waals surface area contributed by atoms with Crippen molar-refractivity contribution < 1.29 is 18.7 Å². The van der Waals surface area contributed by atoms with E-state index in [1.54, 1.807) is 23.1 Å². The Bertz CT molecular complexity index is 955. The molecule has 0 bridgehead atoms. The third kappa shape index (κ3) is 5.35. The minimum atomic E-state index is -0.521. The molecule has 34 heavy (non-hydrogen) atoms. The number of benzene rings is 2. The third-order valence-electron chi connectivity index (χ3n) is 7.74. The van der Waals surface area contributed by atoms with Gasteiger partial charge in [0.15, 0.2) is 0 Å². The van der Waals surface area contributed by atoms with E-state index in [4.69, 9.17) is 9.47 Å².